The lowest BCUT2D eigenvalue weighted by molar-refractivity contribution is 0.567. The van der Waals surface area contributed by atoms with Crippen molar-refractivity contribution in [3.05, 3.63) is 17.5 Å². The van der Waals surface area contributed by atoms with Crippen molar-refractivity contribution in [1.29, 1.82) is 0 Å². The molecule has 0 aliphatic rings. The summed E-state index contributed by atoms with van der Waals surface area (Å²) in [5.41, 5.74) is 7.61. The minimum absolute atomic E-state index is 0. The Morgan fingerprint density at radius 2 is 1.92 bits per heavy atom. The van der Waals surface area contributed by atoms with Gasteiger partial charge in [-0.05, 0) is 6.07 Å². The summed E-state index contributed by atoms with van der Waals surface area (Å²) < 4.78 is 0. The molecule has 1 heterocycles. The largest absolute Gasteiger partial charge is 0.325 e. The Morgan fingerprint density at radius 1 is 1.38 bits per heavy atom. The van der Waals surface area contributed by atoms with Crippen LogP contribution < -0.4 is 5.73 Å². The van der Waals surface area contributed by atoms with E-state index in [4.69, 9.17) is 5.73 Å². The first-order chi connectivity index (χ1) is 5.04. The van der Waals surface area contributed by atoms with Crippen molar-refractivity contribution in [1.82, 2.24) is 10.2 Å². The summed E-state index contributed by atoms with van der Waals surface area (Å²) in [6.07, 6.45) is 0. The van der Waals surface area contributed by atoms with Gasteiger partial charge in [-0.2, -0.15) is 5.10 Å². The molecule has 1 aromatic heterocycles. The second-order valence-corrected chi connectivity index (χ2v) is 3.73. The molecule has 0 radical (unpaired) electrons. The van der Waals surface area contributed by atoms with Gasteiger partial charge < -0.3 is 5.73 Å². The number of nitrogens with one attached hydrogen (secondary N) is 1. The molecular formula is C8H17Cl2N3. The van der Waals surface area contributed by atoms with Crippen LogP contribution in [0.2, 0.25) is 0 Å². The lowest BCUT2D eigenvalue weighted by Gasteiger charge is -2.13. The molecule has 0 aliphatic carbocycles. The van der Waals surface area contributed by atoms with E-state index in [0.29, 0.717) is 6.54 Å². The zero-order chi connectivity index (χ0) is 8.48. The Kier molecular flexibility index (Phi) is 6.41. The fourth-order valence-corrected chi connectivity index (χ4v) is 0.850. The highest BCUT2D eigenvalue weighted by molar-refractivity contribution is 5.85. The molecule has 5 heteroatoms. The molecule has 13 heavy (non-hydrogen) atoms. The molecule has 0 saturated carbocycles. The molecule has 0 spiro atoms. The van der Waals surface area contributed by atoms with Crippen LogP contribution in [0.25, 0.3) is 0 Å². The summed E-state index contributed by atoms with van der Waals surface area (Å²) in [5.74, 6) is 0. The monoisotopic (exact) mass is 225 g/mol. The molecule has 1 rings (SSSR count). The van der Waals surface area contributed by atoms with Crippen molar-refractivity contribution in [2.24, 2.45) is 5.73 Å². The molecule has 0 fully saturated rings. The number of aromatic nitrogens is 2. The fraction of sp³-hybridized carbons (Fsp3) is 0.625. The molecule has 0 bridgehead atoms. The van der Waals surface area contributed by atoms with Gasteiger partial charge in [0.25, 0.3) is 0 Å². The van der Waals surface area contributed by atoms with Crippen LogP contribution in [0.4, 0.5) is 0 Å². The summed E-state index contributed by atoms with van der Waals surface area (Å²) in [6.45, 7) is 6.92. The highest BCUT2D eigenvalue weighted by atomic mass is 35.5. The number of hydrogen-bond acceptors (Lipinski definition) is 2. The molecule has 1 aromatic rings. The van der Waals surface area contributed by atoms with Gasteiger partial charge in [0, 0.05) is 17.7 Å². The van der Waals surface area contributed by atoms with Gasteiger partial charge >= 0.3 is 0 Å². The van der Waals surface area contributed by atoms with E-state index in [1.54, 1.807) is 0 Å². The zero-order valence-electron chi connectivity index (χ0n) is 8.13. The molecule has 0 atom stereocenters. The molecule has 0 unspecified atom stereocenters. The van der Waals surface area contributed by atoms with E-state index in [0.717, 1.165) is 11.4 Å². The smallest absolute Gasteiger partial charge is 0.0678 e. The Hall–Kier alpha value is -0.250. The van der Waals surface area contributed by atoms with E-state index in [9.17, 15) is 0 Å². The van der Waals surface area contributed by atoms with Crippen LogP contribution in [-0.4, -0.2) is 10.2 Å². The highest BCUT2D eigenvalue weighted by Crippen LogP contribution is 2.19. The van der Waals surface area contributed by atoms with Gasteiger partial charge in [0.05, 0.1) is 5.69 Å². The van der Waals surface area contributed by atoms with E-state index >= 15 is 0 Å². The minimum Gasteiger partial charge on any atom is -0.325 e. The van der Waals surface area contributed by atoms with E-state index in [-0.39, 0.29) is 30.2 Å². The molecule has 0 aromatic carbocycles. The first kappa shape index (κ1) is 15.2. The van der Waals surface area contributed by atoms with Crippen molar-refractivity contribution in [2.75, 3.05) is 0 Å². The lowest BCUT2D eigenvalue weighted by atomic mass is 9.92. The molecule has 0 aliphatic heterocycles. The van der Waals surface area contributed by atoms with Crippen LogP contribution in [0.3, 0.4) is 0 Å². The third kappa shape index (κ3) is 3.98. The average Bonchev–Trinajstić information content (AvgIpc) is 2.32. The maximum absolute atomic E-state index is 5.44. The molecule has 3 nitrogen and oxygen atoms in total. The number of aromatic amines is 1. The van der Waals surface area contributed by atoms with Crippen LogP contribution in [-0.2, 0) is 12.0 Å². The Morgan fingerprint density at radius 3 is 2.15 bits per heavy atom. The third-order valence-electron chi connectivity index (χ3n) is 1.62. The SMILES string of the molecule is CC(C)(C)c1cc(CN)[nH]n1.Cl.Cl. The van der Waals surface area contributed by atoms with Crippen molar-refractivity contribution in [2.45, 2.75) is 32.7 Å². The molecule has 0 saturated heterocycles. The number of nitrogens with zero attached hydrogens (tertiary/aromatic N) is 1. The number of nitrogens with two attached hydrogens (primary N) is 1. The summed E-state index contributed by atoms with van der Waals surface area (Å²) in [4.78, 5) is 0. The molecule has 78 valence electrons. The van der Waals surface area contributed by atoms with Crippen LogP contribution in [0.5, 0.6) is 0 Å². The standard InChI is InChI=1S/C8H15N3.2ClH/c1-8(2,3)7-4-6(5-9)10-11-7;;/h4H,5,9H2,1-3H3,(H,10,11);2*1H. The zero-order valence-corrected chi connectivity index (χ0v) is 9.76. The normalized spacial score (nSPS) is 10.2. The minimum atomic E-state index is 0. The Balaban J connectivity index is 0. The van der Waals surface area contributed by atoms with E-state index < -0.39 is 0 Å². The van der Waals surface area contributed by atoms with Gasteiger partial charge in [-0.25, -0.2) is 0 Å². The number of rotatable bonds is 1. The summed E-state index contributed by atoms with van der Waals surface area (Å²) in [7, 11) is 0. The number of H-pyrrole nitrogens is 1. The van der Waals surface area contributed by atoms with Gasteiger partial charge in [0.1, 0.15) is 0 Å². The van der Waals surface area contributed by atoms with Gasteiger partial charge in [-0.15, -0.1) is 24.8 Å². The van der Waals surface area contributed by atoms with E-state index in [1.807, 2.05) is 6.07 Å². The van der Waals surface area contributed by atoms with Crippen molar-refractivity contribution >= 4 is 24.8 Å². The predicted octanol–water partition coefficient (Wildman–Crippen LogP) is 2.01. The molecule has 0 amide bonds. The van der Waals surface area contributed by atoms with Crippen LogP contribution in [0.1, 0.15) is 32.2 Å². The fourth-order valence-electron chi connectivity index (χ4n) is 0.850. The Bertz CT molecular complexity index is 240. The van der Waals surface area contributed by atoms with Crippen molar-refractivity contribution in [3.63, 3.8) is 0 Å². The predicted molar refractivity (Wildman–Crippen MR) is 59.7 cm³/mol. The van der Waals surface area contributed by atoms with Crippen molar-refractivity contribution in [3.8, 4) is 0 Å². The average molecular weight is 226 g/mol. The summed E-state index contributed by atoms with van der Waals surface area (Å²) in [6, 6.07) is 2.01. The van der Waals surface area contributed by atoms with Gasteiger partial charge in [0.15, 0.2) is 0 Å². The maximum atomic E-state index is 5.44. The summed E-state index contributed by atoms with van der Waals surface area (Å²) in [5, 5.41) is 7.04. The van der Waals surface area contributed by atoms with E-state index in [1.165, 1.54) is 0 Å². The Labute approximate surface area is 91.3 Å². The quantitative estimate of drug-likeness (QED) is 0.769. The maximum Gasteiger partial charge on any atom is 0.0678 e. The third-order valence-corrected chi connectivity index (χ3v) is 1.62. The number of halogens is 2. The second kappa shape index (κ2) is 5.47. The highest BCUT2D eigenvalue weighted by Gasteiger charge is 2.16. The van der Waals surface area contributed by atoms with Crippen LogP contribution >= 0.6 is 24.8 Å². The second-order valence-electron chi connectivity index (χ2n) is 3.73. The molecular weight excluding hydrogens is 209 g/mol. The van der Waals surface area contributed by atoms with E-state index in [2.05, 4.69) is 31.0 Å². The van der Waals surface area contributed by atoms with Gasteiger partial charge in [-0.1, -0.05) is 20.8 Å². The first-order valence-electron chi connectivity index (χ1n) is 3.79. The first-order valence-corrected chi connectivity index (χ1v) is 3.79. The summed E-state index contributed by atoms with van der Waals surface area (Å²) >= 11 is 0. The van der Waals surface area contributed by atoms with Gasteiger partial charge in [0.2, 0.25) is 0 Å². The molecule has 3 N–H and O–H groups in total. The van der Waals surface area contributed by atoms with Gasteiger partial charge in [-0.3, -0.25) is 5.10 Å². The van der Waals surface area contributed by atoms with Crippen LogP contribution in [0, 0.1) is 0 Å². The lowest BCUT2D eigenvalue weighted by Crippen LogP contribution is -2.11. The number of hydrogen-bond donors (Lipinski definition) is 2. The topological polar surface area (TPSA) is 54.7 Å². The van der Waals surface area contributed by atoms with Crippen LogP contribution in [0.15, 0.2) is 6.07 Å². The van der Waals surface area contributed by atoms with Crippen molar-refractivity contribution < 1.29 is 0 Å².